The van der Waals surface area contributed by atoms with E-state index >= 15 is 0 Å². The lowest BCUT2D eigenvalue weighted by Crippen LogP contribution is -2.56. The predicted octanol–water partition coefficient (Wildman–Crippen LogP) is 5.38. The molecule has 200 valence electrons. The van der Waals surface area contributed by atoms with Crippen molar-refractivity contribution in [3.8, 4) is 6.07 Å². The van der Waals surface area contributed by atoms with Gasteiger partial charge in [0.05, 0.1) is 29.1 Å². The molecular weight excluding hydrogens is 513 g/mol. The Labute approximate surface area is 221 Å². The van der Waals surface area contributed by atoms with Crippen LogP contribution < -0.4 is 15.1 Å². The van der Waals surface area contributed by atoms with Gasteiger partial charge < -0.3 is 15.3 Å². The Balaban J connectivity index is 1.57. The number of nitrogens with zero attached hydrogens (tertiary/aromatic N) is 5. The number of alkyl halides is 2. The molecule has 9 nitrogen and oxygen atoms in total. The summed E-state index contributed by atoms with van der Waals surface area (Å²) in [4.78, 5) is 36.8. The monoisotopic (exact) mass is 536 g/mol. The number of nitriles is 1. The summed E-state index contributed by atoms with van der Waals surface area (Å²) in [6.07, 6.45) is 1.08. The summed E-state index contributed by atoms with van der Waals surface area (Å²) in [5.41, 5.74) is 0.785. The largest absolute Gasteiger partial charge is 0.478 e. The van der Waals surface area contributed by atoms with Crippen molar-refractivity contribution in [3.05, 3.63) is 65.6 Å². The maximum Gasteiger partial charge on any atom is 0.338 e. The molecule has 3 aromatic rings. The second kappa shape index (κ2) is 9.90. The predicted molar refractivity (Wildman–Crippen MR) is 136 cm³/mol. The molecule has 12 heteroatoms. The summed E-state index contributed by atoms with van der Waals surface area (Å²) in [6, 6.07) is 10.9. The lowest BCUT2D eigenvalue weighted by Gasteiger charge is -2.46. The highest BCUT2D eigenvalue weighted by Crippen LogP contribution is 2.44. The number of anilines is 5. The maximum atomic E-state index is 14.2. The fourth-order valence-electron chi connectivity index (χ4n) is 5.05. The summed E-state index contributed by atoms with van der Waals surface area (Å²) in [6.45, 7) is 1.67. The standard InChI is InChI=1S/C27H23F3N6O3/c1-15-24(37)36(19-4-2-3-16(11-19)13-31)22-14-32-26(33-17-5-6-20(25(38)39)21(28)12-17)34-23(22)35(15)18-7-9-27(29,30)10-8-18/h2-6,11-12,14-15,18H,7-10H2,1H3,(H,38,39)(H,32,33,34)/t15-/m1/s1. The molecule has 2 heterocycles. The number of benzene rings is 2. The van der Waals surface area contributed by atoms with Crippen LogP contribution in [0.5, 0.6) is 0 Å². The highest BCUT2D eigenvalue weighted by atomic mass is 19.3. The van der Waals surface area contributed by atoms with E-state index in [1.807, 2.05) is 6.07 Å². The van der Waals surface area contributed by atoms with Crippen molar-refractivity contribution >= 4 is 40.7 Å². The summed E-state index contributed by atoms with van der Waals surface area (Å²) in [7, 11) is 0. The first kappa shape index (κ1) is 26.0. The maximum absolute atomic E-state index is 14.2. The third-order valence-corrected chi connectivity index (χ3v) is 7.00. The highest BCUT2D eigenvalue weighted by Gasteiger charge is 2.44. The van der Waals surface area contributed by atoms with Gasteiger partial charge in [0.15, 0.2) is 5.82 Å². The smallest absolute Gasteiger partial charge is 0.338 e. The fraction of sp³-hybridized carbons (Fsp3) is 0.296. The van der Waals surface area contributed by atoms with Crippen LogP contribution in [0.3, 0.4) is 0 Å². The van der Waals surface area contributed by atoms with Crippen LogP contribution in [-0.4, -0.2) is 45.0 Å². The van der Waals surface area contributed by atoms with E-state index in [1.54, 1.807) is 36.1 Å². The zero-order valence-electron chi connectivity index (χ0n) is 20.7. The van der Waals surface area contributed by atoms with Gasteiger partial charge in [0, 0.05) is 24.6 Å². The second-order valence-electron chi connectivity index (χ2n) is 9.53. The number of carbonyl (C=O) groups excluding carboxylic acids is 1. The molecule has 0 unspecified atom stereocenters. The lowest BCUT2D eigenvalue weighted by molar-refractivity contribution is -0.119. The Morgan fingerprint density at radius 2 is 1.95 bits per heavy atom. The van der Waals surface area contributed by atoms with Gasteiger partial charge in [-0.15, -0.1) is 0 Å². The Morgan fingerprint density at radius 3 is 2.62 bits per heavy atom. The molecule has 1 aliphatic heterocycles. The van der Waals surface area contributed by atoms with Gasteiger partial charge in [-0.3, -0.25) is 9.69 Å². The van der Waals surface area contributed by atoms with E-state index in [0.717, 1.165) is 12.1 Å². The van der Waals surface area contributed by atoms with Crippen LogP contribution in [0.1, 0.15) is 48.5 Å². The third-order valence-electron chi connectivity index (χ3n) is 7.00. The number of rotatable bonds is 5. The van der Waals surface area contributed by atoms with Crippen molar-refractivity contribution < 1.29 is 27.9 Å². The topological polar surface area (TPSA) is 122 Å². The minimum absolute atomic E-state index is 0.0367. The molecule has 1 saturated carbocycles. The van der Waals surface area contributed by atoms with Crippen LogP contribution in [0.2, 0.25) is 0 Å². The zero-order valence-corrected chi connectivity index (χ0v) is 20.7. The number of carboxylic acids is 1. The zero-order chi connectivity index (χ0) is 27.9. The molecular formula is C27H23F3N6O3. The average Bonchev–Trinajstić information content (AvgIpc) is 2.90. The molecule has 2 aliphatic rings. The third kappa shape index (κ3) is 4.95. The molecule has 1 atom stereocenters. The molecule has 5 rings (SSSR count). The number of amides is 1. The number of hydrogen-bond donors (Lipinski definition) is 2. The number of carboxylic acid groups (broad SMARTS) is 1. The van der Waals surface area contributed by atoms with Crippen LogP contribution in [0, 0.1) is 17.1 Å². The van der Waals surface area contributed by atoms with Gasteiger partial charge in [-0.2, -0.15) is 10.2 Å². The first-order valence-corrected chi connectivity index (χ1v) is 12.2. The molecule has 39 heavy (non-hydrogen) atoms. The number of nitrogens with one attached hydrogen (secondary N) is 1. The minimum atomic E-state index is -2.77. The van der Waals surface area contributed by atoms with Crippen LogP contribution in [0.25, 0.3) is 0 Å². The first-order chi connectivity index (χ1) is 18.6. The van der Waals surface area contributed by atoms with Gasteiger partial charge in [0.2, 0.25) is 11.9 Å². The van der Waals surface area contributed by atoms with Gasteiger partial charge >= 0.3 is 5.97 Å². The molecule has 2 N–H and O–H groups in total. The Kier molecular flexibility index (Phi) is 6.59. The molecule has 0 bridgehead atoms. The quantitative estimate of drug-likeness (QED) is 0.446. The Bertz CT molecular complexity index is 1500. The number of aromatic nitrogens is 2. The van der Waals surface area contributed by atoms with Gasteiger partial charge in [-0.1, -0.05) is 6.07 Å². The van der Waals surface area contributed by atoms with E-state index in [9.17, 15) is 28.0 Å². The summed E-state index contributed by atoms with van der Waals surface area (Å²) >= 11 is 0. The normalized spacial score (nSPS) is 18.8. The van der Waals surface area contributed by atoms with Crippen molar-refractivity contribution in [2.24, 2.45) is 0 Å². The van der Waals surface area contributed by atoms with Gasteiger partial charge in [-0.25, -0.2) is 22.9 Å². The summed E-state index contributed by atoms with van der Waals surface area (Å²) in [5.74, 6) is -5.09. The highest BCUT2D eigenvalue weighted by molar-refractivity contribution is 6.10. The molecule has 1 fully saturated rings. The molecule has 0 saturated heterocycles. The van der Waals surface area contributed by atoms with E-state index in [4.69, 9.17) is 5.11 Å². The number of hydrogen-bond acceptors (Lipinski definition) is 7. The first-order valence-electron chi connectivity index (χ1n) is 12.2. The molecule has 1 aliphatic carbocycles. The van der Waals surface area contributed by atoms with E-state index in [0.29, 0.717) is 22.8 Å². The van der Waals surface area contributed by atoms with Crippen LogP contribution in [-0.2, 0) is 4.79 Å². The van der Waals surface area contributed by atoms with Crippen molar-refractivity contribution in [2.75, 3.05) is 15.1 Å². The summed E-state index contributed by atoms with van der Waals surface area (Å²) in [5, 5.41) is 21.3. The van der Waals surface area contributed by atoms with Gasteiger partial charge in [0.1, 0.15) is 17.5 Å². The van der Waals surface area contributed by atoms with E-state index in [-0.39, 0.29) is 49.3 Å². The number of aromatic carboxylic acids is 1. The van der Waals surface area contributed by atoms with Crippen LogP contribution >= 0.6 is 0 Å². The van der Waals surface area contributed by atoms with Crippen molar-refractivity contribution in [1.29, 1.82) is 5.26 Å². The fourth-order valence-corrected chi connectivity index (χ4v) is 5.05. The molecule has 1 aromatic heterocycles. The van der Waals surface area contributed by atoms with E-state index in [1.165, 1.54) is 17.2 Å². The Hall–Kier alpha value is -4.66. The number of halogens is 3. The van der Waals surface area contributed by atoms with Crippen molar-refractivity contribution in [2.45, 2.75) is 50.6 Å². The van der Waals surface area contributed by atoms with E-state index < -0.39 is 29.3 Å². The molecule has 2 aromatic carbocycles. The second-order valence-corrected chi connectivity index (χ2v) is 9.53. The number of carbonyl (C=O) groups is 2. The van der Waals surface area contributed by atoms with Gasteiger partial charge in [-0.05, 0) is 56.2 Å². The molecule has 0 radical (unpaired) electrons. The Morgan fingerprint density at radius 1 is 1.21 bits per heavy atom. The van der Waals surface area contributed by atoms with Crippen molar-refractivity contribution in [3.63, 3.8) is 0 Å². The van der Waals surface area contributed by atoms with Crippen LogP contribution in [0.15, 0.2) is 48.7 Å². The van der Waals surface area contributed by atoms with E-state index in [2.05, 4.69) is 15.3 Å². The molecule has 1 amide bonds. The average molecular weight is 537 g/mol. The van der Waals surface area contributed by atoms with Crippen LogP contribution in [0.4, 0.5) is 42.0 Å². The molecule has 0 spiro atoms. The SMILES string of the molecule is C[C@@H]1C(=O)N(c2cccc(C#N)c2)c2cnc(Nc3ccc(C(=O)O)c(F)c3)nc2N1C1CCC(F)(F)CC1. The number of fused-ring (bicyclic) bond motifs is 1. The minimum Gasteiger partial charge on any atom is -0.478 e. The lowest BCUT2D eigenvalue weighted by atomic mass is 9.89. The summed E-state index contributed by atoms with van der Waals surface area (Å²) < 4.78 is 42.2. The van der Waals surface area contributed by atoms with Gasteiger partial charge in [0.25, 0.3) is 5.91 Å². The van der Waals surface area contributed by atoms with Crippen molar-refractivity contribution in [1.82, 2.24) is 9.97 Å².